The van der Waals surface area contributed by atoms with Gasteiger partial charge in [0.25, 0.3) is 15.9 Å². The van der Waals surface area contributed by atoms with E-state index >= 15 is 0 Å². The monoisotopic (exact) mass is 1180 g/mol. The van der Waals surface area contributed by atoms with E-state index in [2.05, 4.69) is 36.0 Å². The number of rotatable bonds is 45. The van der Waals surface area contributed by atoms with Crippen molar-refractivity contribution in [3.05, 3.63) is 42.2 Å². The largest absolute Gasteiger partial charge is 0.494 e. The number of carboxylic acids is 2. The summed E-state index contributed by atoms with van der Waals surface area (Å²) in [5.41, 5.74) is 0.123. The molecule has 2 aliphatic rings. The summed E-state index contributed by atoms with van der Waals surface area (Å²) < 4.78 is 55.7. The van der Waals surface area contributed by atoms with Crippen LogP contribution in [0.4, 0.5) is 5.95 Å². The van der Waals surface area contributed by atoms with Gasteiger partial charge >= 0.3 is 11.9 Å². The average molecular weight is 1180 g/mol. The van der Waals surface area contributed by atoms with Crippen molar-refractivity contribution in [2.75, 3.05) is 83.8 Å². The van der Waals surface area contributed by atoms with Crippen LogP contribution >= 0.6 is 64.8 Å². The van der Waals surface area contributed by atoms with Crippen molar-refractivity contribution in [1.29, 1.82) is 0 Å². The molecule has 2 aromatic rings. The number of nitrogens with zero attached hydrogens (tertiary/aromatic N) is 2. The van der Waals surface area contributed by atoms with Gasteiger partial charge in [-0.1, -0.05) is 92.2 Å². The third-order valence-electron chi connectivity index (χ3n) is 11.0. The molecule has 422 valence electrons. The number of carbonyl (C=O) groups excluding carboxylic acids is 3. The molecule has 0 bridgehead atoms. The van der Waals surface area contributed by atoms with Crippen molar-refractivity contribution in [2.45, 2.75) is 128 Å². The molecule has 28 heteroatoms. The number of anilines is 1. The zero-order valence-corrected chi connectivity index (χ0v) is 47.9. The number of benzene rings is 1. The highest BCUT2D eigenvalue weighted by Gasteiger charge is 2.52. The molecule has 1 spiro atoms. The molecule has 0 aliphatic carbocycles. The Morgan fingerprint density at radius 2 is 1.12 bits per heavy atom. The Labute approximate surface area is 464 Å². The van der Waals surface area contributed by atoms with Gasteiger partial charge in [-0.15, -0.1) is 0 Å². The quantitative estimate of drug-likeness (QED) is 0.0192. The Morgan fingerprint density at radius 3 is 1.67 bits per heavy atom. The average Bonchev–Trinajstić information content (AvgIpc) is 4.16. The van der Waals surface area contributed by atoms with Gasteiger partial charge in [-0.25, -0.2) is 23.1 Å². The van der Waals surface area contributed by atoms with E-state index in [1.165, 1.54) is 69.5 Å². The van der Waals surface area contributed by atoms with Crippen molar-refractivity contribution in [3.8, 4) is 5.75 Å². The van der Waals surface area contributed by atoms with Gasteiger partial charge in [-0.05, 0) is 99.5 Å². The number of carbonyl (C=O) groups is 5. The van der Waals surface area contributed by atoms with Crippen molar-refractivity contribution >= 4 is 110 Å². The number of unbranched alkanes of at least 4 members (excludes halogenated alkanes) is 13. The third kappa shape index (κ3) is 30.2. The van der Waals surface area contributed by atoms with E-state index < -0.39 is 33.9 Å². The van der Waals surface area contributed by atoms with Gasteiger partial charge in [0.2, 0.25) is 17.8 Å². The number of nitrogens with one attached hydrogen (secondary N) is 5. The molecule has 2 fully saturated rings. The van der Waals surface area contributed by atoms with Crippen LogP contribution in [-0.2, 0) is 48.1 Å². The van der Waals surface area contributed by atoms with Crippen LogP contribution in [0.5, 0.6) is 5.75 Å². The van der Waals surface area contributed by atoms with Crippen molar-refractivity contribution in [2.24, 2.45) is 0 Å². The van der Waals surface area contributed by atoms with Gasteiger partial charge in [0, 0.05) is 38.4 Å². The van der Waals surface area contributed by atoms with Gasteiger partial charge < -0.3 is 49.8 Å². The lowest BCUT2D eigenvalue weighted by atomic mass is 10.0. The number of ether oxygens (including phenoxy) is 5. The standard InChI is InChI=1S/C47H73N7O14S7/c55-40(48-22-14-13-16-39(44(60)61)53-46-69-71-47(72-70-46)73-74-47)34-66-30-28-64-26-23-49-41(56)35-67-31-29-65-27-24-50-43(59)36-32-51-45(52-33-36)54-75(62,63)38-20-18-37(19-21-38)68-25-15-11-9-7-5-3-1-2-4-6-8-10-12-17-42(57)58/h18-21,32-33,39,46,53H,1-17,22-31,34-35H2,(H,48,55)(H,49,56)(H,50,59)(H,57,58)(H,60,61)(H,51,52,54)/t39-/m0/s1. The zero-order chi connectivity index (χ0) is 53.8. The maximum absolute atomic E-state index is 13.0. The molecule has 0 unspecified atom stereocenters. The second-order valence-corrected chi connectivity index (χ2v) is 28.3. The molecule has 21 nitrogen and oxygen atoms in total. The van der Waals surface area contributed by atoms with Crippen molar-refractivity contribution in [1.82, 2.24) is 31.2 Å². The maximum atomic E-state index is 13.0. The van der Waals surface area contributed by atoms with Crippen LogP contribution in [0.2, 0.25) is 0 Å². The molecule has 75 heavy (non-hydrogen) atoms. The fourth-order valence-corrected chi connectivity index (χ4v) is 20.8. The summed E-state index contributed by atoms with van der Waals surface area (Å²) in [5, 5.41) is 29.6. The molecule has 3 heterocycles. The molecule has 1 atom stereocenters. The normalized spacial score (nSPS) is 14.5. The summed E-state index contributed by atoms with van der Waals surface area (Å²) in [5.74, 6) is -2.28. The molecule has 2 aliphatic heterocycles. The van der Waals surface area contributed by atoms with E-state index in [4.69, 9.17) is 28.8 Å². The fourth-order valence-electron chi connectivity index (χ4n) is 6.90. The number of amides is 3. The summed E-state index contributed by atoms with van der Waals surface area (Å²) >= 11 is 0. The molecular formula is C47H73N7O14S7. The van der Waals surface area contributed by atoms with Crippen molar-refractivity contribution < 1.29 is 66.3 Å². The smallest absolute Gasteiger partial charge is 0.320 e. The van der Waals surface area contributed by atoms with Gasteiger partial charge in [0.05, 0.1) is 56.7 Å². The predicted molar refractivity (Wildman–Crippen MR) is 299 cm³/mol. The molecule has 1 aromatic heterocycles. The van der Waals surface area contributed by atoms with Gasteiger partial charge in [0.15, 0.2) is 2.74 Å². The molecule has 7 N–H and O–H groups in total. The van der Waals surface area contributed by atoms with Crippen LogP contribution in [0, 0.1) is 0 Å². The minimum atomic E-state index is -4.00. The molecule has 1 aromatic carbocycles. The molecule has 3 amide bonds. The topological polar surface area (TPSA) is 292 Å². The van der Waals surface area contributed by atoms with Crippen LogP contribution in [0.25, 0.3) is 0 Å². The minimum absolute atomic E-state index is 0.00637. The highest BCUT2D eigenvalue weighted by atomic mass is 33.2. The number of hydrogen-bond donors (Lipinski definition) is 7. The van der Waals surface area contributed by atoms with Crippen LogP contribution < -0.4 is 30.7 Å². The Morgan fingerprint density at radius 1 is 0.600 bits per heavy atom. The lowest BCUT2D eigenvalue weighted by molar-refractivity contribution is -0.140. The first-order valence-electron chi connectivity index (χ1n) is 25.3. The second-order valence-electron chi connectivity index (χ2n) is 17.2. The first-order chi connectivity index (χ1) is 36.3. The number of sulfonamides is 1. The lowest BCUT2D eigenvalue weighted by Gasteiger charge is -2.27. The SMILES string of the molecule is O=C(O)CCCCCCCCCCCCCCCOc1ccc(S(=O)(=O)Nc2ncc(C(=O)NCCOCCOCC(=O)NCCOCCOCC(=O)NCCCC[C@H](NC3SSC4(SS3)SS4)C(=O)O)cn2)cc1. The highest BCUT2D eigenvalue weighted by Crippen LogP contribution is 2.84. The summed E-state index contributed by atoms with van der Waals surface area (Å²) in [6.07, 6.45) is 19.1. The van der Waals surface area contributed by atoms with Crippen LogP contribution in [-0.4, -0.2) is 151 Å². The Balaban J connectivity index is 0.895. The van der Waals surface area contributed by atoms with Crippen LogP contribution in [0.3, 0.4) is 0 Å². The lowest BCUT2D eigenvalue weighted by Crippen LogP contribution is -2.41. The first-order valence-corrected chi connectivity index (χ1v) is 33.4. The predicted octanol–water partition coefficient (Wildman–Crippen LogP) is 7.51. The second kappa shape index (κ2) is 38.6. The van der Waals surface area contributed by atoms with Gasteiger partial charge in [0.1, 0.15) is 29.7 Å². The highest BCUT2D eigenvalue weighted by molar-refractivity contribution is 9.14. The maximum Gasteiger partial charge on any atom is 0.320 e. The van der Waals surface area contributed by atoms with E-state index in [1.807, 2.05) is 21.6 Å². The molecule has 0 saturated carbocycles. The van der Waals surface area contributed by atoms with Crippen LogP contribution in [0.1, 0.15) is 120 Å². The summed E-state index contributed by atoms with van der Waals surface area (Å²) in [6.45, 7) is 2.28. The fraction of sp³-hybridized carbons (Fsp3) is 0.681. The molecule has 4 rings (SSSR count). The zero-order valence-electron chi connectivity index (χ0n) is 42.2. The Kier molecular flexibility index (Phi) is 33.3. The minimum Gasteiger partial charge on any atom is -0.494 e. The van der Waals surface area contributed by atoms with E-state index in [9.17, 15) is 37.5 Å². The van der Waals surface area contributed by atoms with Crippen LogP contribution in [0.15, 0.2) is 41.6 Å². The summed E-state index contributed by atoms with van der Waals surface area (Å²) in [6, 6.07) is 5.45. The van der Waals surface area contributed by atoms with Crippen molar-refractivity contribution in [3.63, 3.8) is 0 Å². The first kappa shape index (κ1) is 64.6. The van der Waals surface area contributed by atoms with E-state index in [1.54, 1.807) is 55.3 Å². The Hall–Kier alpha value is -2.90. The molecule has 0 radical (unpaired) electrons. The number of aromatic nitrogens is 2. The van der Waals surface area contributed by atoms with Gasteiger partial charge in [-0.3, -0.25) is 29.3 Å². The molecular weight excluding hydrogens is 1110 g/mol. The summed E-state index contributed by atoms with van der Waals surface area (Å²) in [4.78, 5) is 66.9. The van der Waals surface area contributed by atoms with E-state index in [0.29, 0.717) is 38.2 Å². The number of carboxylic acid groups (broad SMARTS) is 2. The number of hydrogen-bond acceptors (Lipinski definition) is 21. The molecule has 2 saturated heterocycles. The van der Waals surface area contributed by atoms with E-state index in [0.717, 1.165) is 38.5 Å². The third-order valence-corrected chi connectivity index (χ3v) is 25.7. The number of aliphatic carboxylic acids is 2. The van der Waals surface area contributed by atoms with E-state index in [-0.39, 0.29) is 108 Å². The Bertz CT molecular complexity index is 2080. The van der Waals surface area contributed by atoms with Gasteiger partial charge in [-0.2, -0.15) is 0 Å². The summed E-state index contributed by atoms with van der Waals surface area (Å²) in [7, 11) is 6.52.